The molecule has 0 aliphatic heterocycles. The molecular formula is C7H7IN4. The lowest BCUT2D eigenvalue weighted by Gasteiger charge is -1.95. The molecule has 2 aromatic heterocycles. The van der Waals surface area contributed by atoms with E-state index in [1.165, 1.54) is 0 Å². The van der Waals surface area contributed by atoms with Crippen LogP contribution in [0.2, 0.25) is 0 Å². The fraction of sp³-hybridized carbons (Fsp3) is 0.286. The summed E-state index contributed by atoms with van der Waals surface area (Å²) in [6.07, 6.45) is 1.82. The molecule has 2 aromatic rings. The predicted octanol–water partition coefficient (Wildman–Crippen LogP) is 1.45. The number of rotatable bonds is 1. The Morgan fingerprint density at radius 1 is 1.50 bits per heavy atom. The van der Waals surface area contributed by atoms with Crippen LogP contribution in [-0.2, 0) is 6.54 Å². The van der Waals surface area contributed by atoms with Gasteiger partial charge in [0.1, 0.15) is 3.70 Å². The van der Waals surface area contributed by atoms with Crippen molar-refractivity contribution < 1.29 is 0 Å². The van der Waals surface area contributed by atoms with Gasteiger partial charge < -0.3 is 0 Å². The molecule has 0 aliphatic carbocycles. The van der Waals surface area contributed by atoms with Crippen LogP contribution in [0.25, 0.3) is 11.0 Å². The number of halogens is 1. The highest BCUT2D eigenvalue weighted by Gasteiger charge is 2.02. The van der Waals surface area contributed by atoms with Gasteiger partial charge in [-0.15, -0.1) is 10.2 Å². The summed E-state index contributed by atoms with van der Waals surface area (Å²) in [6, 6.07) is 1.97. The summed E-state index contributed by atoms with van der Waals surface area (Å²) in [7, 11) is 0. The van der Waals surface area contributed by atoms with Gasteiger partial charge in [-0.3, -0.25) is 0 Å². The molecule has 0 spiro atoms. The Balaban J connectivity index is 2.73. The predicted molar refractivity (Wildman–Crippen MR) is 53.7 cm³/mol. The maximum atomic E-state index is 4.17. The number of aromatic nitrogens is 4. The van der Waals surface area contributed by atoms with Crippen LogP contribution in [0.15, 0.2) is 12.3 Å². The van der Waals surface area contributed by atoms with E-state index in [9.17, 15) is 0 Å². The highest BCUT2D eigenvalue weighted by atomic mass is 127. The maximum Gasteiger partial charge on any atom is 0.180 e. The number of hydrogen-bond acceptors (Lipinski definition) is 3. The molecule has 5 heteroatoms. The van der Waals surface area contributed by atoms with Crippen molar-refractivity contribution in [3.63, 3.8) is 0 Å². The first-order chi connectivity index (χ1) is 5.81. The van der Waals surface area contributed by atoms with Crippen molar-refractivity contribution in [2.45, 2.75) is 13.5 Å². The van der Waals surface area contributed by atoms with Gasteiger partial charge in [-0.05, 0) is 35.6 Å². The molecule has 0 fully saturated rings. The fourth-order valence-corrected chi connectivity index (χ4v) is 1.53. The van der Waals surface area contributed by atoms with E-state index in [0.717, 1.165) is 21.3 Å². The molecule has 2 rings (SSSR count). The molecule has 0 atom stereocenters. The lowest BCUT2D eigenvalue weighted by Crippen LogP contribution is -1.98. The molecule has 0 amide bonds. The van der Waals surface area contributed by atoms with E-state index in [1.807, 2.05) is 23.9 Å². The molecule has 2 heterocycles. The minimum Gasteiger partial charge on any atom is -0.246 e. The van der Waals surface area contributed by atoms with Crippen LogP contribution in [0.5, 0.6) is 0 Å². The number of nitrogens with zero attached hydrogens (tertiary/aromatic N) is 4. The van der Waals surface area contributed by atoms with E-state index in [1.54, 1.807) is 0 Å². The lowest BCUT2D eigenvalue weighted by atomic mass is 10.4. The minimum atomic E-state index is 0.832. The monoisotopic (exact) mass is 274 g/mol. The van der Waals surface area contributed by atoms with Gasteiger partial charge in [-0.25, -0.2) is 4.68 Å². The Morgan fingerprint density at radius 3 is 3.08 bits per heavy atom. The SMILES string of the molecule is CCn1ncc2cc(I)nnc21. The number of hydrogen-bond donors (Lipinski definition) is 0. The zero-order valence-corrected chi connectivity index (χ0v) is 8.69. The third kappa shape index (κ3) is 1.17. The smallest absolute Gasteiger partial charge is 0.180 e. The average Bonchev–Trinajstić information content (AvgIpc) is 2.46. The molecule has 4 nitrogen and oxygen atoms in total. The summed E-state index contributed by atoms with van der Waals surface area (Å²) in [5.41, 5.74) is 0.859. The Kier molecular flexibility index (Phi) is 1.95. The van der Waals surface area contributed by atoms with Crippen LogP contribution in [0, 0.1) is 3.70 Å². The minimum absolute atomic E-state index is 0.832. The van der Waals surface area contributed by atoms with E-state index in [4.69, 9.17) is 0 Å². The second-order valence-corrected chi connectivity index (χ2v) is 3.51. The van der Waals surface area contributed by atoms with Gasteiger partial charge in [0, 0.05) is 11.9 Å². The number of fused-ring (bicyclic) bond motifs is 1. The van der Waals surface area contributed by atoms with Gasteiger partial charge in [0.05, 0.1) is 6.20 Å². The topological polar surface area (TPSA) is 43.6 Å². The van der Waals surface area contributed by atoms with Crippen molar-refractivity contribution >= 4 is 33.6 Å². The van der Waals surface area contributed by atoms with E-state index >= 15 is 0 Å². The first-order valence-electron chi connectivity index (χ1n) is 3.66. The van der Waals surface area contributed by atoms with E-state index < -0.39 is 0 Å². The van der Waals surface area contributed by atoms with Crippen LogP contribution in [-0.4, -0.2) is 20.0 Å². The maximum absolute atomic E-state index is 4.17. The Bertz CT molecular complexity index is 409. The molecule has 0 unspecified atom stereocenters. The van der Waals surface area contributed by atoms with Crippen molar-refractivity contribution in [1.82, 2.24) is 20.0 Å². The first kappa shape index (κ1) is 7.90. The summed E-state index contributed by atoms with van der Waals surface area (Å²) in [6.45, 7) is 2.87. The highest BCUT2D eigenvalue weighted by Crippen LogP contribution is 2.11. The molecule has 0 aliphatic rings. The van der Waals surface area contributed by atoms with Gasteiger partial charge in [-0.1, -0.05) is 0 Å². The number of aryl methyl sites for hydroxylation is 1. The van der Waals surface area contributed by atoms with Crippen LogP contribution in [0.4, 0.5) is 0 Å². The molecule has 0 aromatic carbocycles. The molecule has 0 N–H and O–H groups in total. The summed E-state index contributed by atoms with van der Waals surface area (Å²) in [5.74, 6) is 0. The summed E-state index contributed by atoms with van der Waals surface area (Å²) in [5, 5.41) is 13.2. The zero-order chi connectivity index (χ0) is 8.55. The summed E-state index contributed by atoms with van der Waals surface area (Å²) >= 11 is 2.14. The molecule has 62 valence electrons. The summed E-state index contributed by atoms with van der Waals surface area (Å²) < 4.78 is 2.73. The molecule has 0 radical (unpaired) electrons. The zero-order valence-electron chi connectivity index (χ0n) is 6.53. The van der Waals surface area contributed by atoms with Crippen LogP contribution >= 0.6 is 22.6 Å². The van der Waals surface area contributed by atoms with Gasteiger partial charge in [0.2, 0.25) is 0 Å². The van der Waals surface area contributed by atoms with Gasteiger partial charge in [-0.2, -0.15) is 5.10 Å². The van der Waals surface area contributed by atoms with Crippen LogP contribution in [0.1, 0.15) is 6.92 Å². The third-order valence-corrected chi connectivity index (χ3v) is 2.18. The van der Waals surface area contributed by atoms with E-state index in [0.29, 0.717) is 0 Å². The molecule has 12 heavy (non-hydrogen) atoms. The third-order valence-electron chi connectivity index (χ3n) is 1.65. The normalized spacial score (nSPS) is 10.8. The Labute approximate surface area is 83.1 Å². The van der Waals surface area contributed by atoms with Crippen molar-refractivity contribution in [1.29, 1.82) is 0 Å². The van der Waals surface area contributed by atoms with Crippen LogP contribution < -0.4 is 0 Å². The Hall–Kier alpha value is -0.720. The molecule has 0 bridgehead atoms. The molecule has 0 saturated carbocycles. The lowest BCUT2D eigenvalue weighted by molar-refractivity contribution is 0.672. The summed E-state index contributed by atoms with van der Waals surface area (Å²) in [4.78, 5) is 0. The van der Waals surface area contributed by atoms with Gasteiger partial charge >= 0.3 is 0 Å². The second kappa shape index (κ2) is 2.96. The average molecular weight is 274 g/mol. The molecular weight excluding hydrogens is 267 g/mol. The van der Waals surface area contributed by atoms with Crippen LogP contribution in [0.3, 0.4) is 0 Å². The second-order valence-electron chi connectivity index (χ2n) is 2.41. The highest BCUT2D eigenvalue weighted by molar-refractivity contribution is 14.1. The van der Waals surface area contributed by atoms with Gasteiger partial charge in [0.25, 0.3) is 0 Å². The fourth-order valence-electron chi connectivity index (χ4n) is 1.09. The van der Waals surface area contributed by atoms with Gasteiger partial charge in [0.15, 0.2) is 5.65 Å². The largest absolute Gasteiger partial charge is 0.246 e. The molecule has 0 saturated heterocycles. The van der Waals surface area contributed by atoms with Crippen molar-refractivity contribution in [2.24, 2.45) is 0 Å². The van der Waals surface area contributed by atoms with E-state index in [2.05, 4.69) is 37.9 Å². The standard InChI is InChI=1S/C7H7IN4/c1-2-12-7-5(4-9-12)3-6(8)10-11-7/h3-4H,2H2,1H3. The Morgan fingerprint density at radius 2 is 2.33 bits per heavy atom. The van der Waals surface area contributed by atoms with Crippen molar-refractivity contribution in [2.75, 3.05) is 0 Å². The quantitative estimate of drug-likeness (QED) is 0.739. The van der Waals surface area contributed by atoms with E-state index in [-0.39, 0.29) is 0 Å². The first-order valence-corrected chi connectivity index (χ1v) is 4.74. The van der Waals surface area contributed by atoms with Crippen molar-refractivity contribution in [3.05, 3.63) is 16.0 Å². The van der Waals surface area contributed by atoms with Crippen molar-refractivity contribution in [3.8, 4) is 0 Å².